The summed E-state index contributed by atoms with van der Waals surface area (Å²) in [5.41, 5.74) is -0.506. The van der Waals surface area contributed by atoms with Crippen molar-refractivity contribution in [2.45, 2.75) is 12.8 Å². The standard InChI is InChI=1S/C39H41FN6O6/c1-43-12-14-44(15-13-43)10-5-9-42-39(50)29-23-46-31-21-26-27(36(48)25-7-3-2-6-24(25)35(26)47)22-32(31)52-38-33(30(40)20-28(34(38)46)37(29)49)41-8-4-11-45-16-18-51-19-17-45/h2-3,6-7,20-23,41H,4-5,8-19H2,1H3,(H,42,50). The lowest BCUT2D eigenvalue weighted by Gasteiger charge is -2.32. The first-order valence-corrected chi connectivity index (χ1v) is 18.0. The maximum absolute atomic E-state index is 16.1. The van der Waals surface area contributed by atoms with E-state index in [0.29, 0.717) is 49.0 Å². The highest BCUT2D eigenvalue weighted by atomic mass is 19.1. The van der Waals surface area contributed by atoms with Crippen LogP contribution in [0.3, 0.4) is 0 Å². The van der Waals surface area contributed by atoms with Gasteiger partial charge in [0.25, 0.3) is 5.91 Å². The number of likely N-dealkylation sites (N-methyl/N-ethyl adjacent to an activating group) is 1. The number of carbonyl (C=O) groups excluding carboxylic acids is 1. The third-order valence-corrected chi connectivity index (χ3v) is 10.5. The van der Waals surface area contributed by atoms with E-state index < -0.39 is 17.2 Å². The second-order valence-corrected chi connectivity index (χ2v) is 13.9. The number of aromatic nitrogens is 1. The fraction of sp³-hybridized carbons (Fsp3) is 0.385. The molecule has 2 aliphatic heterocycles. The van der Waals surface area contributed by atoms with Gasteiger partial charge in [0.05, 0.1) is 24.1 Å². The summed E-state index contributed by atoms with van der Waals surface area (Å²) in [7, 11) is 2.10. The van der Waals surface area contributed by atoms with Crippen molar-refractivity contribution in [2.24, 2.45) is 0 Å². The Kier molecular flexibility index (Phi) is 9.34. The third kappa shape index (κ3) is 6.27. The average molecular weight is 709 g/mol. The molecule has 52 heavy (non-hydrogen) atoms. The van der Waals surface area contributed by atoms with E-state index in [-0.39, 0.29) is 54.9 Å². The van der Waals surface area contributed by atoms with Gasteiger partial charge in [0, 0.05) is 80.1 Å². The molecule has 2 fully saturated rings. The highest BCUT2D eigenvalue weighted by Crippen LogP contribution is 2.34. The molecule has 1 amide bonds. The summed E-state index contributed by atoms with van der Waals surface area (Å²) >= 11 is 0. The number of carbonyl (C=O) groups is 1. The Labute approximate surface area is 297 Å². The number of hydrogen-bond acceptors (Lipinski definition) is 10. The van der Waals surface area contributed by atoms with E-state index in [0.717, 1.165) is 64.8 Å². The van der Waals surface area contributed by atoms with E-state index in [2.05, 4.69) is 32.4 Å². The SMILES string of the molecule is CN1CCN(CCCNC(=O)c2cn3c4cc5c(=O)c6ccccc6c(=O)c5cc4oc4c(NCCCN5CCOCC5)c(F)cc(c2=O)c43)CC1. The number of benzene rings is 4. The number of nitrogens with one attached hydrogen (secondary N) is 2. The zero-order valence-corrected chi connectivity index (χ0v) is 29.1. The number of anilines is 1. The minimum atomic E-state index is -0.705. The lowest BCUT2D eigenvalue weighted by molar-refractivity contribution is 0.0378. The fourth-order valence-electron chi connectivity index (χ4n) is 7.55. The van der Waals surface area contributed by atoms with E-state index in [1.54, 1.807) is 34.7 Å². The van der Waals surface area contributed by atoms with Crippen LogP contribution in [0.5, 0.6) is 0 Å². The summed E-state index contributed by atoms with van der Waals surface area (Å²) in [5, 5.41) is 6.97. The van der Waals surface area contributed by atoms with E-state index in [1.807, 2.05) is 0 Å². The molecule has 8 rings (SSSR count). The summed E-state index contributed by atoms with van der Waals surface area (Å²) in [6.45, 7) is 9.35. The summed E-state index contributed by atoms with van der Waals surface area (Å²) in [6, 6.07) is 10.8. The molecule has 0 aliphatic carbocycles. The molecular formula is C39H41FN6O6. The summed E-state index contributed by atoms with van der Waals surface area (Å²) in [4.78, 5) is 61.8. The van der Waals surface area contributed by atoms with Gasteiger partial charge < -0.3 is 34.0 Å². The molecule has 0 atom stereocenters. The lowest BCUT2D eigenvalue weighted by Crippen LogP contribution is -2.45. The van der Waals surface area contributed by atoms with Crippen molar-refractivity contribution >= 4 is 60.7 Å². The van der Waals surface area contributed by atoms with Gasteiger partial charge in [-0.25, -0.2) is 4.39 Å². The predicted molar refractivity (Wildman–Crippen MR) is 201 cm³/mol. The topological polar surface area (TPSA) is 129 Å². The smallest absolute Gasteiger partial charge is 0.256 e. The number of hydrogen-bond donors (Lipinski definition) is 2. The van der Waals surface area contributed by atoms with Crippen LogP contribution in [0.4, 0.5) is 10.1 Å². The highest BCUT2D eigenvalue weighted by molar-refractivity contribution is 6.08. The van der Waals surface area contributed by atoms with Gasteiger partial charge in [-0.1, -0.05) is 24.3 Å². The van der Waals surface area contributed by atoms with Gasteiger partial charge in [0.15, 0.2) is 27.8 Å². The van der Waals surface area contributed by atoms with Crippen LogP contribution in [0.25, 0.3) is 49.1 Å². The third-order valence-electron chi connectivity index (χ3n) is 10.5. The number of amides is 1. The molecule has 0 saturated carbocycles. The van der Waals surface area contributed by atoms with Crippen LogP contribution in [0.1, 0.15) is 23.2 Å². The van der Waals surface area contributed by atoms with Crippen molar-refractivity contribution in [1.29, 1.82) is 0 Å². The first-order valence-electron chi connectivity index (χ1n) is 18.0. The van der Waals surface area contributed by atoms with Crippen molar-refractivity contribution < 1.29 is 18.3 Å². The minimum Gasteiger partial charge on any atom is -0.451 e. The molecule has 13 heteroatoms. The number of nitrogens with zero attached hydrogens (tertiary/aromatic N) is 4. The Hall–Kier alpha value is -4.95. The van der Waals surface area contributed by atoms with Gasteiger partial charge in [-0.3, -0.25) is 24.1 Å². The van der Waals surface area contributed by atoms with Crippen molar-refractivity contribution in [1.82, 2.24) is 24.4 Å². The van der Waals surface area contributed by atoms with Gasteiger partial charge in [-0.2, -0.15) is 0 Å². The van der Waals surface area contributed by atoms with Gasteiger partial charge in [0.1, 0.15) is 16.8 Å². The second-order valence-electron chi connectivity index (χ2n) is 13.9. The van der Waals surface area contributed by atoms with Crippen molar-refractivity contribution in [2.75, 3.05) is 91.0 Å². The minimum absolute atomic E-state index is 0.0347. The Balaban J connectivity index is 1.22. The number of morpholine rings is 1. The van der Waals surface area contributed by atoms with Crippen molar-refractivity contribution in [3.05, 3.63) is 90.7 Å². The summed E-state index contributed by atoms with van der Waals surface area (Å²) in [6.07, 6.45) is 2.86. The number of halogens is 1. The van der Waals surface area contributed by atoms with Crippen molar-refractivity contribution in [3.8, 4) is 0 Å². The van der Waals surface area contributed by atoms with Crippen LogP contribution in [-0.2, 0) is 4.74 Å². The second kappa shape index (κ2) is 14.2. The number of fused-ring (bicyclic) bond motifs is 4. The molecule has 270 valence electrons. The van der Waals surface area contributed by atoms with Crippen LogP contribution >= 0.6 is 0 Å². The molecule has 12 nitrogen and oxygen atoms in total. The Morgan fingerprint density at radius 3 is 2.15 bits per heavy atom. The maximum Gasteiger partial charge on any atom is 0.256 e. The predicted octanol–water partition coefficient (Wildman–Crippen LogP) is 3.30. The molecule has 0 bridgehead atoms. The number of rotatable bonds is 10. The zero-order valence-electron chi connectivity index (χ0n) is 29.1. The molecular weight excluding hydrogens is 667 g/mol. The normalized spacial score (nSPS) is 16.5. The lowest BCUT2D eigenvalue weighted by atomic mass is 10.0. The number of pyridine rings is 1. The quantitative estimate of drug-likeness (QED) is 0.124. The molecule has 2 N–H and O–H groups in total. The largest absolute Gasteiger partial charge is 0.451 e. The monoisotopic (exact) mass is 708 g/mol. The molecule has 2 aliphatic rings. The van der Waals surface area contributed by atoms with Crippen LogP contribution in [0.15, 0.2) is 67.5 Å². The van der Waals surface area contributed by atoms with E-state index in [4.69, 9.17) is 9.15 Å². The molecule has 0 unspecified atom stereocenters. The molecule has 4 heterocycles. The van der Waals surface area contributed by atoms with Gasteiger partial charge >= 0.3 is 0 Å². The maximum atomic E-state index is 16.1. The zero-order chi connectivity index (χ0) is 35.9. The Bertz CT molecular complexity index is 2500. The fourth-order valence-corrected chi connectivity index (χ4v) is 7.55. The first kappa shape index (κ1) is 34.2. The molecule has 2 aromatic heterocycles. The molecule has 2 saturated heterocycles. The highest BCUT2D eigenvalue weighted by Gasteiger charge is 2.24. The molecule has 0 radical (unpaired) electrons. The molecule has 0 spiro atoms. The van der Waals surface area contributed by atoms with Gasteiger partial charge in [0.2, 0.25) is 5.43 Å². The average Bonchev–Trinajstić information content (AvgIpc) is 3.16. The van der Waals surface area contributed by atoms with Crippen LogP contribution in [0.2, 0.25) is 0 Å². The Morgan fingerprint density at radius 2 is 1.44 bits per heavy atom. The van der Waals surface area contributed by atoms with Gasteiger partial charge in [-0.05, 0) is 51.2 Å². The Morgan fingerprint density at radius 1 is 0.788 bits per heavy atom. The number of piperazine rings is 1. The van der Waals surface area contributed by atoms with Crippen LogP contribution in [-0.4, -0.2) is 111 Å². The molecule has 4 aromatic carbocycles. The van der Waals surface area contributed by atoms with Crippen molar-refractivity contribution in [3.63, 3.8) is 0 Å². The number of ether oxygens (including phenoxy) is 1. The van der Waals surface area contributed by atoms with E-state index in [9.17, 15) is 19.2 Å². The van der Waals surface area contributed by atoms with E-state index >= 15 is 4.39 Å². The molecule has 6 aromatic rings. The van der Waals surface area contributed by atoms with Crippen LogP contribution in [0, 0.1) is 5.82 Å². The summed E-state index contributed by atoms with van der Waals surface area (Å²) in [5.74, 6) is -1.28. The van der Waals surface area contributed by atoms with Gasteiger partial charge in [-0.15, -0.1) is 0 Å². The van der Waals surface area contributed by atoms with E-state index in [1.165, 1.54) is 12.3 Å². The first-order chi connectivity index (χ1) is 25.3. The summed E-state index contributed by atoms with van der Waals surface area (Å²) < 4.78 is 29.5. The van der Waals surface area contributed by atoms with Crippen LogP contribution < -0.4 is 26.9 Å².